The Bertz CT molecular complexity index is 1070. The molecule has 1 amide bonds. The normalized spacial score (nSPS) is 12.3. The smallest absolute Gasteiger partial charge is 0.242 e. The number of thioether (sulfide) groups is 1. The number of hydrogen-bond acceptors (Lipinski definition) is 5. The molecule has 3 rings (SSSR count). The highest BCUT2D eigenvalue weighted by atomic mass is 32.2. The van der Waals surface area contributed by atoms with Gasteiger partial charge in [-0.25, -0.2) is 13.6 Å². The topological polar surface area (TPSA) is 115 Å². The maximum atomic E-state index is 13.0. The fourth-order valence-electron chi connectivity index (χ4n) is 2.56. The van der Waals surface area contributed by atoms with Crippen LogP contribution in [0.25, 0.3) is 0 Å². The van der Waals surface area contributed by atoms with Gasteiger partial charge in [-0.1, -0.05) is 36.4 Å². The third-order valence-electron chi connectivity index (χ3n) is 3.90. The Morgan fingerprint density at radius 3 is 2.21 bits per heavy atom. The minimum atomic E-state index is -3.78. The highest BCUT2D eigenvalue weighted by Crippen LogP contribution is 2.36. The van der Waals surface area contributed by atoms with Crippen LogP contribution in [0.3, 0.4) is 0 Å². The first-order valence-electron chi connectivity index (χ1n) is 8.34. The van der Waals surface area contributed by atoms with E-state index in [1.54, 1.807) is 6.07 Å². The van der Waals surface area contributed by atoms with Gasteiger partial charge in [0.2, 0.25) is 15.9 Å². The average molecular weight is 414 g/mol. The van der Waals surface area contributed by atoms with Crippen molar-refractivity contribution in [2.75, 3.05) is 11.1 Å². The van der Waals surface area contributed by atoms with E-state index in [0.717, 1.165) is 10.5 Å². The molecule has 6 nitrogen and oxygen atoms in total. The van der Waals surface area contributed by atoms with E-state index >= 15 is 0 Å². The molecule has 1 atom stereocenters. The zero-order valence-electron chi connectivity index (χ0n) is 14.8. The molecule has 0 aliphatic heterocycles. The molecule has 3 aromatic carbocycles. The van der Waals surface area contributed by atoms with Crippen LogP contribution in [0.2, 0.25) is 0 Å². The minimum Gasteiger partial charge on any atom is -0.399 e. The number of nitrogens with two attached hydrogens (primary N) is 2. The van der Waals surface area contributed by atoms with Crippen LogP contribution >= 0.6 is 11.8 Å². The van der Waals surface area contributed by atoms with Crippen LogP contribution in [0.4, 0.5) is 11.4 Å². The molecule has 0 aromatic heterocycles. The van der Waals surface area contributed by atoms with Crippen LogP contribution in [0.15, 0.2) is 88.7 Å². The average Bonchev–Trinajstić information content (AvgIpc) is 2.66. The predicted molar refractivity (Wildman–Crippen MR) is 112 cm³/mol. The summed E-state index contributed by atoms with van der Waals surface area (Å²) in [6.07, 6.45) is 0. The van der Waals surface area contributed by atoms with Gasteiger partial charge in [-0.3, -0.25) is 4.79 Å². The Morgan fingerprint density at radius 1 is 0.929 bits per heavy atom. The number of sulfonamides is 1. The largest absolute Gasteiger partial charge is 0.399 e. The van der Waals surface area contributed by atoms with E-state index in [1.165, 1.54) is 36.0 Å². The van der Waals surface area contributed by atoms with Crippen LogP contribution in [-0.4, -0.2) is 14.3 Å². The van der Waals surface area contributed by atoms with Crippen LogP contribution in [0, 0.1) is 0 Å². The van der Waals surface area contributed by atoms with Crippen LogP contribution < -0.4 is 16.2 Å². The maximum absolute atomic E-state index is 13.0. The van der Waals surface area contributed by atoms with Gasteiger partial charge in [0.25, 0.3) is 0 Å². The first kappa shape index (κ1) is 19.9. The number of primary sulfonamides is 1. The summed E-state index contributed by atoms with van der Waals surface area (Å²) in [5.74, 6) is -0.234. The number of nitrogen functional groups attached to an aromatic ring is 1. The monoisotopic (exact) mass is 413 g/mol. The molecule has 0 radical (unpaired) electrons. The summed E-state index contributed by atoms with van der Waals surface area (Å²) in [6.45, 7) is 0. The summed E-state index contributed by atoms with van der Waals surface area (Å²) < 4.78 is 22.7. The summed E-state index contributed by atoms with van der Waals surface area (Å²) in [7, 11) is -3.78. The molecule has 1 unspecified atom stereocenters. The lowest BCUT2D eigenvalue weighted by Crippen LogP contribution is -2.19. The lowest BCUT2D eigenvalue weighted by molar-refractivity contribution is -0.115. The molecule has 144 valence electrons. The number of carbonyl (C=O) groups is 1. The molecule has 28 heavy (non-hydrogen) atoms. The Hall–Kier alpha value is -2.81. The molecular weight excluding hydrogens is 394 g/mol. The van der Waals surface area contributed by atoms with Crippen molar-refractivity contribution in [1.82, 2.24) is 0 Å². The molecule has 0 saturated carbocycles. The molecular formula is C20H19N3O3S2. The third kappa shape index (κ3) is 5.13. The van der Waals surface area contributed by atoms with Gasteiger partial charge in [-0.05, 0) is 48.0 Å². The summed E-state index contributed by atoms with van der Waals surface area (Å²) in [5.41, 5.74) is 7.79. The zero-order chi connectivity index (χ0) is 20.1. The van der Waals surface area contributed by atoms with Gasteiger partial charge in [-0.15, -0.1) is 11.8 Å². The molecule has 0 saturated heterocycles. The van der Waals surface area contributed by atoms with Crippen molar-refractivity contribution in [2.24, 2.45) is 5.14 Å². The summed E-state index contributed by atoms with van der Waals surface area (Å²) in [5, 5.41) is 7.42. The van der Waals surface area contributed by atoms with E-state index in [1.807, 2.05) is 48.5 Å². The molecule has 0 spiro atoms. The Kier molecular flexibility index (Phi) is 6.03. The molecule has 0 aliphatic rings. The molecule has 0 bridgehead atoms. The third-order valence-corrected chi connectivity index (χ3v) is 6.08. The van der Waals surface area contributed by atoms with Crippen LogP contribution in [-0.2, 0) is 14.8 Å². The van der Waals surface area contributed by atoms with Gasteiger partial charge >= 0.3 is 0 Å². The van der Waals surface area contributed by atoms with Crippen molar-refractivity contribution in [2.45, 2.75) is 15.0 Å². The number of rotatable bonds is 6. The number of benzene rings is 3. The quantitative estimate of drug-likeness (QED) is 0.423. The Morgan fingerprint density at radius 2 is 1.61 bits per heavy atom. The van der Waals surface area contributed by atoms with E-state index in [4.69, 9.17) is 10.9 Å². The fourth-order valence-corrected chi connectivity index (χ4v) is 4.17. The number of nitrogens with one attached hydrogen (secondary N) is 1. The first-order chi connectivity index (χ1) is 13.3. The number of carbonyl (C=O) groups excluding carboxylic acids is 1. The summed E-state index contributed by atoms with van der Waals surface area (Å²) in [6, 6.07) is 22.4. The highest BCUT2D eigenvalue weighted by molar-refractivity contribution is 8.00. The minimum absolute atomic E-state index is 0.0146. The van der Waals surface area contributed by atoms with Gasteiger partial charge in [-0.2, -0.15) is 0 Å². The van der Waals surface area contributed by atoms with E-state index in [-0.39, 0.29) is 10.8 Å². The fraction of sp³-hybridized carbons (Fsp3) is 0.0500. The molecule has 0 heterocycles. The van der Waals surface area contributed by atoms with Gasteiger partial charge in [0, 0.05) is 16.3 Å². The van der Waals surface area contributed by atoms with Gasteiger partial charge in [0.05, 0.1) is 4.90 Å². The van der Waals surface area contributed by atoms with E-state index in [0.29, 0.717) is 11.4 Å². The summed E-state index contributed by atoms with van der Waals surface area (Å²) in [4.78, 5) is 13.8. The standard InChI is InChI=1S/C20H19N3O3S2/c21-15-7-4-8-17(13-15)27-19(14-5-2-1-3-6-14)20(24)23-16-9-11-18(12-10-16)28(22,25)26/h1-13,19H,21H2,(H,23,24)(H2,22,25,26). The van der Waals surface area contributed by atoms with Crippen molar-refractivity contribution < 1.29 is 13.2 Å². The maximum Gasteiger partial charge on any atom is 0.242 e. The second-order valence-electron chi connectivity index (χ2n) is 6.04. The number of anilines is 2. The highest BCUT2D eigenvalue weighted by Gasteiger charge is 2.22. The number of amides is 1. The SMILES string of the molecule is Nc1cccc(SC(C(=O)Nc2ccc(S(N)(=O)=O)cc2)c2ccccc2)c1. The van der Waals surface area contributed by atoms with E-state index in [9.17, 15) is 13.2 Å². The second-order valence-corrected chi connectivity index (χ2v) is 8.78. The molecule has 3 aromatic rings. The van der Waals surface area contributed by atoms with E-state index < -0.39 is 15.3 Å². The van der Waals surface area contributed by atoms with Gasteiger partial charge in [0.1, 0.15) is 5.25 Å². The molecule has 0 aliphatic carbocycles. The second kappa shape index (κ2) is 8.47. The molecule has 5 N–H and O–H groups in total. The molecule has 0 fully saturated rings. The summed E-state index contributed by atoms with van der Waals surface area (Å²) >= 11 is 1.38. The van der Waals surface area contributed by atoms with Crippen LogP contribution in [0.5, 0.6) is 0 Å². The van der Waals surface area contributed by atoms with Crippen molar-refractivity contribution in [3.05, 3.63) is 84.4 Å². The van der Waals surface area contributed by atoms with E-state index in [2.05, 4.69) is 5.32 Å². The Balaban J connectivity index is 1.84. The van der Waals surface area contributed by atoms with Crippen molar-refractivity contribution in [1.29, 1.82) is 0 Å². The zero-order valence-corrected chi connectivity index (χ0v) is 16.4. The van der Waals surface area contributed by atoms with Crippen molar-refractivity contribution >= 4 is 39.1 Å². The Labute approximate surface area is 168 Å². The van der Waals surface area contributed by atoms with Crippen molar-refractivity contribution in [3.63, 3.8) is 0 Å². The van der Waals surface area contributed by atoms with Crippen molar-refractivity contribution in [3.8, 4) is 0 Å². The number of hydrogen-bond donors (Lipinski definition) is 3. The van der Waals surface area contributed by atoms with Gasteiger partial charge in [0.15, 0.2) is 0 Å². The molecule has 8 heteroatoms. The van der Waals surface area contributed by atoms with Crippen LogP contribution in [0.1, 0.15) is 10.8 Å². The first-order valence-corrected chi connectivity index (χ1v) is 10.8. The lowest BCUT2D eigenvalue weighted by atomic mass is 10.1. The predicted octanol–water partition coefficient (Wildman–Crippen LogP) is 3.39. The van der Waals surface area contributed by atoms with Gasteiger partial charge < -0.3 is 11.1 Å². The lowest BCUT2D eigenvalue weighted by Gasteiger charge is -2.17.